The van der Waals surface area contributed by atoms with Crippen molar-refractivity contribution in [2.75, 3.05) is 0 Å². The zero-order valence-corrected chi connectivity index (χ0v) is 12.2. The van der Waals surface area contributed by atoms with Crippen molar-refractivity contribution in [3.8, 4) is 0 Å². The van der Waals surface area contributed by atoms with Gasteiger partial charge in [-0.2, -0.15) is 0 Å². The number of pyridine rings is 2. The molecule has 2 aromatic carbocycles. The number of benzene rings is 2. The summed E-state index contributed by atoms with van der Waals surface area (Å²) in [6, 6.07) is 21.2. The lowest BCUT2D eigenvalue weighted by Crippen LogP contribution is -1.89. The maximum Gasteiger partial charge on any atom is 0.0953 e. The topological polar surface area (TPSA) is 17.3 Å². The molecule has 3 heterocycles. The molecule has 2 nitrogen and oxygen atoms in total. The summed E-state index contributed by atoms with van der Waals surface area (Å²) in [6.45, 7) is 2.19. The Morgan fingerprint density at radius 2 is 1.68 bits per heavy atom. The second-order valence-corrected chi connectivity index (χ2v) is 5.80. The molecule has 0 fully saturated rings. The predicted octanol–water partition coefficient (Wildman–Crippen LogP) is 5.10. The molecule has 0 aliphatic rings. The summed E-state index contributed by atoms with van der Waals surface area (Å²) in [5, 5.41) is 3.68. The van der Waals surface area contributed by atoms with Crippen LogP contribution < -0.4 is 0 Å². The molecule has 5 aromatic rings. The molecular formula is C20H14N2. The first kappa shape index (κ1) is 11.8. The van der Waals surface area contributed by atoms with Gasteiger partial charge in [0.15, 0.2) is 0 Å². The fraction of sp³-hybridized carbons (Fsp3) is 0.0500. The second kappa shape index (κ2) is 4.08. The van der Waals surface area contributed by atoms with Gasteiger partial charge in [0, 0.05) is 22.4 Å². The Kier molecular flexibility index (Phi) is 2.18. The van der Waals surface area contributed by atoms with E-state index in [9.17, 15) is 0 Å². The quantitative estimate of drug-likeness (QED) is 0.361. The fourth-order valence-electron chi connectivity index (χ4n) is 3.48. The Balaban J connectivity index is 2.09. The van der Waals surface area contributed by atoms with Gasteiger partial charge in [0.1, 0.15) is 0 Å². The molecule has 5 rings (SSSR count). The highest BCUT2D eigenvalue weighted by Crippen LogP contribution is 2.31. The molecule has 0 atom stereocenters. The van der Waals surface area contributed by atoms with E-state index in [0.717, 1.165) is 11.0 Å². The summed E-state index contributed by atoms with van der Waals surface area (Å²) in [4.78, 5) is 4.94. The summed E-state index contributed by atoms with van der Waals surface area (Å²) < 4.78 is 2.26. The van der Waals surface area contributed by atoms with Gasteiger partial charge >= 0.3 is 0 Å². The van der Waals surface area contributed by atoms with Crippen LogP contribution in [0.2, 0.25) is 0 Å². The summed E-state index contributed by atoms with van der Waals surface area (Å²) in [6.07, 6.45) is 2.16. The van der Waals surface area contributed by atoms with Crippen LogP contribution in [-0.4, -0.2) is 9.38 Å². The maximum absolute atomic E-state index is 4.94. The first-order valence-corrected chi connectivity index (χ1v) is 7.51. The van der Waals surface area contributed by atoms with Crippen molar-refractivity contribution in [1.29, 1.82) is 0 Å². The first-order valence-electron chi connectivity index (χ1n) is 7.51. The lowest BCUT2D eigenvalue weighted by atomic mass is 10.1. The highest BCUT2D eigenvalue weighted by Gasteiger charge is 2.12. The molecule has 3 aromatic heterocycles. The van der Waals surface area contributed by atoms with E-state index in [4.69, 9.17) is 4.98 Å². The van der Waals surface area contributed by atoms with Gasteiger partial charge in [0.2, 0.25) is 0 Å². The van der Waals surface area contributed by atoms with Crippen LogP contribution in [-0.2, 0) is 0 Å². The minimum Gasteiger partial charge on any atom is -0.314 e. The molecule has 0 saturated carbocycles. The molecule has 0 saturated heterocycles. The van der Waals surface area contributed by atoms with Crippen molar-refractivity contribution < 1.29 is 0 Å². The standard InChI is InChI=1S/C20H14N2/c1-13-16-7-3-5-9-18(16)22-11-10-15-12-14-6-2-4-8-17(14)21-19(15)20(13)22/h2-12H,1H3. The lowest BCUT2D eigenvalue weighted by Gasteiger charge is -2.05. The van der Waals surface area contributed by atoms with Gasteiger partial charge in [0.25, 0.3) is 0 Å². The normalized spacial score (nSPS) is 11.9. The Bertz CT molecular complexity index is 1180. The Hall–Kier alpha value is -2.87. The van der Waals surface area contributed by atoms with E-state index in [-0.39, 0.29) is 0 Å². The molecule has 0 aliphatic heterocycles. The number of nitrogens with zero attached hydrogens (tertiary/aromatic N) is 2. The van der Waals surface area contributed by atoms with Gasteiger partial charge in [-0.1, -0.05) is 36.4 Å². The number of hydrogen-bond acceptors (Lipinski definition) is 1. The van der Waals surface area contributed by atoms with Gasteiger partial charge in [-0.3, -0.25) is 0 Å². The molecule has 104 valence electrons. The largest absolute Gasteiger partial charge is 0.314 e. The van der Waals surface area contributed by atoms with Crippen molar-refractivity contribution in [3.63, 3.8) is 0 Å². The van der Waals surface area contributed by atoms with E-state index in [1.54, 1.807) is 0 Å². The summed E-state index contributed by atoms with van der Waals surface area (Å²) in [7, 11) is 0. The van der Waals surface area contributed by atoms with Crippen LogP contribution in [0.15, 0.2) is 66.9 Å². The summed E-state index contributed by atoms with van der Waals surface area (Å²) in [5.41, 5.74) is 5.88. The summed E-state index contributed by atoms with van der Waals surface area (Å²) >= 11 is 0. The average Bonchev–Trinajstić information content (AvgIpc) is 2.87. The van der Waals surface area contributed by atoms with Crippen molar-refractivity contribution >= 4 is 38.2 Å². The van der Waals surface area contributed by atoms with Crippen LogP contribution in [0.4, 0.5) is 0 Å². The van der Waals surface area contributed by atoms with Crippen molar-refractivity contribution in [3.05, 3.63) is 72.4 Å². The van der Waals surface area contributed by atoms with Crippen molar-refractivity contribution in [2.45, 2.75) is 6.92 Å². The third-order valence-electron chi connectivity index (χ3n) is 4.54. The van der Waals surface area contributed by atoms with Gasteiger partial charge in [-0.05, 0) is 36.8 Å². The third-order valence-corrected chi connectivity index (χ3v) is 4.54. The maximum atomic E-state index is 4.94. The molecule has 0 aliphatic carbocycles. The molecule has 2 heteroatoms. The van der Waals surface area contributed by atoms with E-state index >= 15 is 0 Å². The highest BCUT2D eigenvalue weighted by molar-refractivity contribution is 6.06. The Morgan fingerprint density at radius 1 is 0.864 bits per heavy atom. The van der Waals surface area contributed by atoms with Crippen LogP contribution >= 0.6 is 0 Å². The molecular weight excluding hydrogens is 268 g/mol. The van der Waals surface area contributed by atoms with E-state index in [1.807, 2.05) is 6.07 Å². The van der Waals surface area contributed by atoms with E-state index in [2.05, 4.69) is 72.1 Å². The van der Waals surface area contributed by atoms with Gasteiger partial charge in [-0.25, -0.2) is 4.98 Å². The first-order chi connectivity index (χ1) is 10.8. The minimum atomic E-state index is 1.05. The van der Waals surface area contributed by atoms with Crippen LogP contribution in [0.3, 0.4) is 0 Å². The Morgan fingerprint density at radius 3 is 2.64 bits per heavy atom. The van der Waals surface area contributed by atoms with Crippen LogP contribution in [0.1, 0.15) is 5.56 Å². The molecule has 0 radical (unpaired) electrons. The van der Waals surface area contributed by atoms with Crippen molar-refractivity contribution in [1.82, 2.24) is 9.38 Å². The predicted molar refractivity (Wildman–Crippen MR) is 92.4 cm³/mol. The van der Waals surface area contributed by atoms with Crippen LogP contribution in [0.5, 0.6) is 0 Å². The van der Waals surface area contributed by atoms with Crippen molar-refractivity contribution in [2.24, 2.45) is 0 Å². The number of fused-ring (bicyclic) bond motifs is 6. The number of rotatable bonds is 0. The minimum absolute atomic E-state index is 1.05. The van der Waals surface area contributed by atoms with E-state index in [1.165, 1.54) is 32.8 Å². The molecule has 0 N–H and O–H groups in total. The van der Waals surface area contributed by atoms with Gasteiger partial charge in [0.05, 0.1) is 22.1 Å². The zero-order valence-electron chi connectivity index (χ0n) is 12.2. The summed E-state index contributed by atoms with van der Waals surface area (Å²) in [5.74, 6) is 0. The van der Waals surface area contributed by atoms with E-state index < -0.39 is 0 Å². The molecule has 0 spiro atoms. The fourth-order valence-corrected chi connectivity index (χ4v) is 3.48. The highest BCUT2D eigenvalue weighted by atomic mass is 14.9. The zero-order chi connectivity index (χ0) is 14.7. The van der Waals surface area contributed by atoms with E-state index in [0.29, 0.717) is 0 Å². The monoisotopic (exact) mass is 282 g/mol. The third kappa shape index (κ3) is 1.41. The average molecular weight is 282 g/mol. The number of hydrogen-bond donors (Lipinski definition) is 0. The van der Waals surface area contributed by atoms with Crippen LogP contribution in [0.25, 0.3) is 38.2 Å². The van der Waals surface area contributed by atoms with Gasteiger partial charge < -0.3 is 4.40 Å². The number of aromatic nitrogens is 2. The second-order valence-electron chi connectivity index (χ2n) is 5.80. The van der Waals surface area contributed by atoms with Gasteiger partial charge in [-0.15, -0.1) is 0 Å². The smallest absolute Gasteiger partial charge is 0.0953 e. The SMILES string of the molecule is Cc1c2ccccc2n2ccc3cc4ccccc4nc3c12. The molecule has 0 bridgehead atoms. The number of para-hydroxylation sites is 2. The molecule has 0 amide bonds. The van der Waals surface area contributed by atoms with Crippen LogP contribution in [0, 0.1) is 6.92 Å². The molecule has 22 heavy (non-hydrogen) atoms. The Labute approximate surface area is 127 Å². The lowest BCUT2D eigenvalue weighted by molar-refractivity contribution is 1.25. The number of aryl methyl sites for hydroxylation is 1. The molecule has 0 unspecified atom stereocenters.